The molecule has 0 aromatic heterocycles. The number of methoxy groups -OCH3 is 1. The largest absolute Gasteiger partial charge is 0.496 e. The summed E-state index contributed by atoms with van der Waals surface area (Å²) in [7, 11) is 1.74. The molecule has 2 N–H and O–H groups in total. The Morgan fingerprint density at radius 1 is 1.47 bits per heavy atom. The van der Waals surface area contributed by atoms with Gasteiger partial charge in [0.15, 0.2) is 0 Å². The van der Waals surface area contributed by atoms with Crippen LogP contribution in [-0.4, -0.2) is 13.7 Å². The van der Waals surface area contributed by atoms with Crippen LogP contribution in [0.5, 0.6) is 5.75 Å². The molecule has 1 fully saturated rings. The summed E-state index contributed by atoms with van der Waals surface area (Å²) in [5.74, 6) is 1.83. The van der Waals surface area contributed by atoms with Crippen LogP contribution in [0.15, 0.2) is 22.7 Å². The SMILES string of the molecule is CCC1CCC(CN)(Cc2cc(Br)ccc2OC)C1. The number of halogens is 1. The van der Waals surface area contributed by atoms with Gasteiger partial charge in [0.05, 0.1) is 7.11 Å². The molecular weight excluding hydrogens is 302 g/mol. The van der Waals surface area contributed by atoms with Crippen LogP contribution in [0.25, 0.3) is 0 Å². The van der Waals surface area contributed by atoms with Crippen molar-refractivity contribution in [1.82, 2.24) is 0 Å². The lowest BCUT2D eigenvalue weighted by molar-refractivity contribution is 0.285. The molecule has 19 heavy (non-hydrogen) atoms. The number of ether oxygens (including phenoxy) is 1. The monoisotopic (exact) mass is 325 g/mol. The van der Waals surface area contributed by atoms with E-state index >= 15 is 0 Å². The van der Waals surface area contributed by atoms with Crippen molar-refractivity contribution in [2.75, 3.05) is 13.7 Å². The molecule has 1 aliphatic carbocycles. The second-order valence-electron chi connectivity index (χ2n) is 5.85. The lowest BCUT2D eigenvalue weighted by Gasteiger charge is -2.28. The molecule has 0 saturated heterocycles. The number of rotatable bonds is 5. The van der Waals surface area contributed by atoms with Crippen molar-refractivity contribution in [2.45, 2.75) is 39.0 Å². The van der Waals surface area contributed by atoms with E-state index in [9.17, 15) is 0 Å². The number of nitrogens with two attached hydrogens (primary N) is 1. The molecule has 2 unspecified atom stereocenters. The lowest BCUT2D eigenvalue weighted by Crippen LogP contribution is -2.30. The van der Waals surface area contributed by atoms with Gasteiger partial charge in [0.2, 0.25) is 0 Å². The van der Waals surface area contributed by atoms with Gasteiger partial charge in [0, 0.05) is 4.47 Å². The normalized spacial score (nSPS) is 26.6. The van der Waals surface area contributed by atoms with Gasteiger partial charge in [-0.3, -0.25) is 0 Å². The van der Waals surface area contributed by atoms with Crippen molar-refractivity contribution in [3.63, 3.8) is 0 Å². The van der Waals surface area contributed by atoms with Crippen LogP contribution in [0.4, 0.5) is 0 Å². The Morgan fingerprint density at radius 3 is 2.84 bits per heavy atom. The van der Waals surface area contributed by atoms with Crippen molar-refractivity contribution in [1.29, 1.82) is 0 Å². The number of hydrogen-bond donors (Lipinski definition) is 1. The molecule has 0 spiro atoms. The van der Waals surface area contributed by atoms with E-state index in [0.29, 0.717) is 0 Å². The summed E-state index contributed by atoms with van der Waals surface area (Å²) in [4.78, 5) is 0. The predicted molar refractivity (Wildman–Crippen MR) is 83.5 cm³/mol. The van der Waals surface area contributed by atoms with Crippen molar-refractivity contribution in [2.24, 2.45) is 17.1 Å². The van der Waals surface area contributed by atoms with Crippen LogP contribution in [0.3, 0.4) is 0 Å². The second kappa shape index (κ2) is 6.27. The van der Waals surface area contributed by atoms with Gasteiger partial charge in [0.25, 0.3) is 0 Å². The minimum Gasteiger partial charge on any atom is -0.496 e. The van der Waals surface area contributed by atoms with Crippen molar-refractivity contribution in [3.8, 4) is 5.75 Å². The maximum Gasteiger partial charge on any atom is 0.122 e. The molecule has 0 radical (unpaired) electrons. The van der Waals surface area contributed by atoms with Gasteiger partial charge in [-0.1, -0.05) is 29.3 Å². The fourth-order valence-electron chi connectivity index (χ4n) is 3.38. The Morgan fingerprint density at radius 2 is 2.26 bits per heavy atom. The maximum absolute atomic E-state index is 6.11. The van der Waals surface area contributed by atoms with E-state index in [-0.39, 0.29) is 5.41 Å². The van der Waals surface area contributed by atoms with Gasteiger partial charge in [-0.05, 0) is 67.3 Å². The first-order chi connectivity index (χ1) is 9.12. The molecule has 1 aliphatic rings. The zero-order valence-electron chi connectivity index (χ0n) is 11.9. The van der Waals surface area contributed by atoms with E-state index in [1.807, 2.05) is 12.1 Å². The Hall–Kier alpha value is -0.540. The van der Waals surface area contributed by atoms with E-state index in [4.69, 9.17) is 10.5 Å². The number of benzene rings is 1. The standard InChI is InChI=1S/C16H24BrNO/c1-3-12-6-7-16(9-12,11-18)10-13-8-14(17)4-5-15(13)19-2/h4-5,8,12H,3,6-7,9-11,18H2,1-2H3. The molecule has 0 aliphatic heterocycles. The Balaban J connectivity index is 2.21. The fourth-order valence-corrected chi connectivity index (χ4v) is 3.79. The van der Waals surface area contributed by atoms with Crippen LogP contribution in [0, 0.1) is 11.3 Å². The predicted octanol–water partition coefficient (Wildman–Crippen LogP) is 4.16. The smallest absolute Gasteiger partial charge is 0.122 e. The molecule has 2 nitrogen and oxygen atoms in total. The van der Waals surface area contributed by atoms with E-state index in [1.165, 1.54) is 31.2 Å². The summed E-state index contributed by atoms with van der Waals surface area (Å²) in [5, 5.41) is 0. The average Bonchev–Trinajstić information content (AvgIpc) is 2.83. The van der Waals surface area contributed by atoms with Crippen LogP contribution < -0.4 is 10.5 Å². The summed E-state index contributed by atoms with van der Waals surface area (Å²) >= 11 is 3.55. The first-order valence-corrected chi connectivity index (χ1v) is 7.94. The molecule has 1 aromatic rings. The van der Waals surface area contributed by atoms with Crippen molar-refractivity contribution >= 4 is 15.9 Å². The Kier molecular flexibility index (Phi) is 4.91. The zero-order chi connectivity index (χ0) is 13.9. The minimum absolute atomic E-state index is 0.273. The maximum atomic E-state index is 6.11. The highest BCUT2D eigenvalue weighted by molar-refractivity contribution is 9.10. The first-order valence-electron chi connectivity index (χ1n) is 7.15. The molecule has 106 valence electrons. The van der Waals surface area contributed by atoms with E-state index in [1.54, 1.807) is 7.11 Å². The van der Waals surface area contributed by atoms with Gasteiger partial charge in [-0.2, -0.15) is 0 Å². The molecule has 2 atom stereocenters. The van der Waals surface area contributed by atoms with E-state index in [2.05, 4.69) is 28.9 Å². The third-order valence-electron chi connectivity index (χ3n) is 4.62. The second-order valence-corrected chi connectivity index (χ2v) is 6.77. The Labute approximate surface area is 124 Å². The summed E-state index contributed by atoms with van der Waals surface area (Å²) in [5.41, 5.74) is 7.66. The minimum atomic E-state index is 0.273. The van der Waals surface area contributed by atoms with Crippen LogP contribution in [-0.2, 0) is 6.42 Å². The van der Waals surface area contributed by atoms with Gasteiger partial charge in [-0.25, -0.2) is 0 Å². The highest BCUT2D eigenvalue weighted by atomic mass is 79.9. The summed E-state index contributed by atoms with van der Waals surface area (Å²) < 4.78 is 6.60. The van der Waals surface area contributed by atoms with Crippen molar-refractivity contribution in [3.05, 3.63) is 28.2 Å². The molecule has 1 aromatic carbocycles. The fraction of sp³-hybridized carbons (Fsp3) is 0.625. The van der Waals surface area contributed by atoms with Gasteiger partial charge >= 0.3 is 0 Å². The highest BCUT2D eigenvalue weighted by Crippen LogP contribution is 2.45. The quantitative estimate of drug-likeness (QED) is 0.882. The van der Waals surface area contributed by atoms with E-state index < -0.39 is 0 Å². The van der Waals surface area contributed by atoms with Crippen molar-refractivity contribution < 1.29 is 4.74 Å². The molecule has 3 heteroatoms. The third-order valence-corrected chi connectivity index (χ3v) is 5.12. The van der Waals surface area contributed by atoms with Gasteiger partial charge in [0.1, 0.15) is 5.75 Å². The summed E-state index contributed by atoms with van der Waals surface area (Å²) in [6.07, 6.45) is 6.14. The molecule has 0 bridgehead atoms. The molecule has 0 amide bonds. The molecule has 0 heterocycles. The summed E-state index contributed by atoms with van der Waals surface area (Å²) in [6, 6.07) is 6.24. The molecule has 2 rings (SSSR count). The average molecular weight is 326 g/mol. The topological polar surface area (TPSA) is 35.2 Å². The zero-order valence-corrected chi connectivity index (χ0v) is 13.5. The molecule has 1 saturated carbocycles. The van der Waals surface area contributed by atoms with Gasteiger partial charge in [-0.15, -0.1) is 0 Å². The summed E-state index contributed by atoms with van der Waals surface area (Å²) in [6.45, 7) is 3.07. The van der Waals surface area contributed by atoms with E-state index in [0.717, 1.165) is 29.1 Å². The number of hydrogen-bond acceptors (Lipinski definition) is 2. The Bertz CT molecular complexity index is 435. The molecular formula is C16H24BrNO. The van der Waals surface area contributed by atoms with Gasteiger partial charge < -0.3 is 10.5 Å². The third kappa shape index (κ3) is 3.32. The van der Waals surface area contributed by atoms with Crippen LogP contribution in [0.2, 0.25) is 0 Å². The highest BCUT2D eigenvalue weighted by Gasteiger charge is 2.37. The van der Waals surface area contributed by atoms with Crippen LogP contribution in [0.1, 0.15) is 38.2 Å². The first kappa shape index (κ1) is 14.9. The van der Waals surface area contributed by atoms with Crippen LogP contribution >= 0.6 is 15.9 Å². The lowest BCUT2D eigenvalue weighted by atomic mass is 9.79.